The van der Waals surface area contributed by atoms with Gasteiger partial charge in [0.25, 0.3) is 0 Å². The van der Waals surface area contributed by atoms with Crippen molar-refractivity contribution in [2.75, 3.05) is 13.1 Å². The number of aliphatic carboxylic acids is 1. The monoisotopic (exact) mass is 275 g/mol. The van der Waals surface area contributed by atoms with Gasteiger partial charge in [0, 0.05) is 19.6 Å². The molecule has 0 aromatic heterocycles. The third kappa shape index (κ3) is 2.96. The Morgan fingerprint density at radius 3 is 3.00 bits per heavy atom. The van der Waals surface area contributed by atoms with E-state index in [1.54, 1.807) is 6.92 Å². The molecule has 1 aromatic rings. The van der Waals surface area contributed by atoms with E-state index in [-0.39, 0.29) is 0 Å². The van der Waals surface area contributed by atoms with Crippen LogP contribution in [0.3, 0.4) is 0 Å². The third-order valence-electron chi connectivity index (χ3n) is 4.17. The van der Waals surface area contributed by atoms with Crippen LogP contribution in [0.25, 0.3) is 0 Å². The fourth-order valence-corrected chi connectivity index (χ4v) is 2.81. The molecule has 1 aliphatic heterocycles. The first-order chi connectivity index (χ1) is 9.63. The molecule has 2 aliphatic rings. The number of carbonyl (C=O) groups is 1. The zero-order chi connectivity index (χ0) is 14.1. The fraction of sp³-hybridized carbons (Fsp3) is 0.562. The molecule has 0 saturated heterocycles. The zero-order valence-corrected chi connectivity index (χ0v) is 11.8. The van der Waals surface area contributed by atoms with E-state index in [1.807, 2.05) is 12.1 Å². The highest BCUT2D eigenvalue weighted by atomic mass is 16.5. The minimum Gasteiger partial charge on any atom is -0.479 e. The second-order valence-corrected chi connectivity index (χ2v) is 5.92. The molecule has 1 unspecified atom stereocenters. The smallest absolute Gasteiger partial charge is 0.344 e. The number of benzene rings is 1. The predicted molar refractivity (Wildman–Crippen MR) is 75.9 cm³/mol. The SMILES string of the molecule is CC(Oc1cccc2c1CCN(CC1CC1)C2)C(=O)O. The van der Waals surface area contributed by atoms with Gasteiger partial charge in [0.1, 0.15) is 5.75 Å². The van der Waals surface area contributed by atoms with Crippen LogP contribution in [0.15, 0.2) is 18.2 Å². The van der Waals surface area contributed by atoms with Crippen molar-refractivity contribution in [3.8, 4) is 5.75 Å². The van der Waals surface area contributed by atoms with Gasteiger partial charge in [0.15, 0.2) is 6.10 Å². The number of carboxylic acids is 1. The second-order valence-electron chi connectivity index (χ2n) is 5.92. The molecule has 4 heteroatoms. The lowest BCUT2D eigenvalue weighted by Crippen LogP contribution is -2.33. The van der Waals surface area contributed by atoms with Gasteiger partial charge >= 0.3 is 5.97 Å². The van der Waals surface area contributed by atoms with Crippen LogP contribution in [0.2, 0.25) is 0 Å². The molecule has 1 aliphatic carbocycles. The van der Waals surface area contributed by atoms with E-state index in [4.69, 9.17) is 9.84 Å². The van der Waals surface area contributed by atoms with E-state index in [2.05, 4.69) is 11.0 Å². The van der Waals surface area contributed by atoms with Gasteiger partial charge in [-0.15, -0.1) is 0 Å². The minimum atomic E-state index is -0.922. The van der Waals surface area contributed by atoms with Crippen LogP contribution in [-0.4, -0.2) is 35.2 Å². The van der Waals surface area contributed by atoms with Gasteiger partial charge < -0.3 is 9.84 Å². The molecule has 1 saturated carbocycles. The van der Waals surface area contributed by atoms with E-state index in [0.717, 1.165) is 31.2 Å². The summed E-state index contributed by atoms with van der Waals surface area (Å²) in [5, 5.41) is 8.96. The Labute approximate surface area is 119 Å². The van der Waals surface area contributed by atoms with E-state index < -0.39 is 12.1 Å². The molecule has 4 nitrogen and oxygen atoms in total. The Hall–Kier alpha value is -1.55. The van der Waals surface area contributed by atoms with Gasteiger partial charge in [-0.3, -0.25) is 4.90 Å². The Kier molecular flexibility index (Phi) is 3.66. The molecule has 0 amide bonds. The van der Waals surface area contributed by atoms with Gasteiger partial charge in [-0.25, -0.2) is 4.79 Å². The van der Waals surface area contributed by atoms with E-state index in [9.17, 15) is 4.79 Å². The first kappa shape index (κ1) is 13.4. The van der Waals surface area contributed by atoms with Crippen molar-refractivity contribution in [1.82, 2.24) is 4.90 Å². The Balaban J connectivity index is 1.73. The van der Waals surface area contributed by atoms with Crippen LogP contribution in [-0.2, 0) is 17.8 Å². The lowest BCUT2D eigenvalue weighted by atomic mass is 9.98. The summed E-state index contributed by atoms with van der Waals surface area (Å²) in [5.74, 6) is 0.722. The van der Waals surface area contributed by atoms with Crippen LogP contribution < -0.4 is 4.74 Å². The molecular formula is C16H21NO3. The number of hydrogen-bond donors (Lipinski definition) is 1. The minimum absolute atomic E-state index is 0.739. The second kappa shape index (κ2) is 5.44. The van der Waals surface area contributed by atoms with Gasteiger partial charge in [-0.05, 0) is 49.3 Å². The normalized spacial score (nSPS) is 20.2. The number of carboxylic acid groups (broad SMARTS) is 1. The van der Waals surface area contributed by atoms with Crippen LogP contribution in [0, 0.1) is 5.92 Å². The summed E-state index contributed by atoms with van der Waals surface area (Å²) in [4.78, 5) is 13.4. The summed E-state index contributed by atoms with van der Waals surface area (Å²) in [6.45, 7) is 4.79. The molecule has 3 rings (SSSR count). The average Bonchev–Trinajstić information content (AvgIpc) is 3.22. The summed E-state index contributed by atoms with van der Waals surface area (Å²) in [7, 11) is 0. The maximum absolute atomic E-state index is 10.9. The summed E-state index contributed by atoms with van der Waals surface area (Å²) in [6, 6.07) is 5.98. The molecule has 20 heavy (non-hydrogen) atoms. The molecule has 0 bridgehead atoms. The van der Waals surface area contributed by atoms with Gasteiger partial charge in [0.2, 0.25) is 0 Å². The summed E-state index contributed by atoms with van der Waals surface area (Å²) < 4.78 is 5.58. The van der Waals surface area contributed by atoms with E-state index in [1.165, 1.54) is 30.5 Å². The van der Waals surface area contributed by atoms with Gasteiger partial charge in [0.05, 0.1) is 0 Å². The first-order valence-electron chi connectivity index (χ1n) is 7.36. The number of nitrogens with zero attached hydrogens (tertiary/aromatic N) is 1. The average molecular weight is 275 g/mol. The lowest BCUT2D eigenvalue weighted by molar-refractivity contribution is -0.144. The maximum Gasteiger partial charge on any atom is 0.344 e. The standard InChI is InChI=1S/C16H21NO3/c1-11(16(18)19)20-15-4-2-3-13-10-17(8-7-14(13)15)9-12-5-6-12/h2-4,11-12H,5-10H2,1H3,(H,18,19). The van der Waals surface area contributed by atoms with E-state index in [0.29, 0.717) is 0 Å². The zero-order valence-electron chi connectivity index (χ0n) is 11.8. The van der Waals surface area contributed by atoms with Crippen molar-refractivity contribution < 1.29 is 14.6 Å². The third-order valence-corrected chi connectivity index (χ3v) is 4.17. The fourth-order valence-electron chi connectivity index (χ4n) is 2.81. The predicted octanol–water partition coefficient (Wildman–Crippen LogP) is 2.31. The molecule has 0 spiro atoms. The molecule has 0 radical (unpaired) electrons. The first-order valence-corrected chi connectivity index (χ1v) is 7.36. The molecule has 1 fully saturated rings. The number of hydrogen-bond acceptors (Lipinski definition) is 3. The molecule has 1 heterocycles. The lowest BCUT2D eigenvalue weighted by Gasteiger charge is -2.30. The molecular weight excluding hydrogens is 254 g/mol. The highest BCUT2D eigenvalue weighted by Gasteiger charge is 2.27. The van der Waals surface area contributed by atoms with Crippen molar-refractivity contribution in [2.24, 2.45) is 5.92 Å². The van der Waals surface area contributed by atoms with Crippen molar-refractivity contribution >= 4 is 5.97 Å². The van der Waals surface area contributed by atoms with Gasteiger partial charge in [-0.2, -0.15) is 0 Å². The van der Waals surface area contributed by atoms with Crippen molar-refractivity contribution in [2.45, 2.75) is 38.8 Å². The number of ether oxygens (including phenoxy) is 1. The number of fused-ring (bicyclic) bond motifs is 1. The van der Waals surface area contributed by atoms with Crippen LogP contribution in [0.5, 0.6) is 5.75 Å². The van der Waals surface area contributed by atoms with Crippen LogP contribution >= 0.6 is 0 Å². The van der Waals surface area contributed by atoms with E-state index >= 15 is 0 Å². The van der Waals surface area contributed by atoms with Crippen LogP contribution in [0.1, 0.15) is 30.9 Å². The maximum atomic E-state index is 10.9. The summed E-state index contributed by atoms with van der Waals surface area (Å²) in [5.41, 5.74) is 2.47. The topological polar surface area (TPSA) is 49.8 Å². The largest absolute Gasteiger partial charge is 0.479 e. The molecule has 1 N–H and O–H groups in total. The van der Waals surface area contributed by atoms with Crippen molar-refractivity contribution in [3.05, 3.63) is 29.3 Å². The highest BCUT2D eigenvalue weighted by Crippen LogP contribution is 2.33. The number of rotatable bonds is 5. The molecule has 1 aromatic carbocycles. The molecule has 1 atom stereocenters. The van der Waals surface area contributed by atoms with Crippen LogP contribution in [0.4, 0.5) is 0 Å². The summed E-state index contributed by atoms with van der Waals surface area (Å²) in [6.07, 6.45) is 2.90. The van der Waals surface area contributed by atoms with Gasteiger partial charge in [-0.1, -0.05) is 12.1 Å². The van der Waals surface area contributed by atoms with Crippen molar-refractivity contribution in [1.29, 1.82) is 0 Å². The Morgan fingerprint density at radius 2 is 2.30 bits per heavy atom. The summed E-state index contributed by atoms with van der Waals surface area (Å²) >= 11 is 0. The Morgan fingerprint density at radius 1 is 1.50 bits per heavy atom. The van der Waals surface area contributed by atoms with Crippen molar-refractivity contribution in [3.63, 3.8) is 0 Å². The molecule has 108 valence electrons. The Bertz CT molecular complexity index is 510. The highest BCUT2D eigenvalue weighted by molar-refractivity contribution is 5.72. The quantitative estimate of drug-likeness (QED) is 0.896.